The number of rotatable bonds is 6. The van der Waals surface area contributed by atoms with Crippen molar-refractivity contribution in [1.29, 1.82) is 0 Å². The third kappa shape index (κ3) is 6.28. The Bertz CT molecular complexity index is 1270. The van der Waals surface area contributed by atoms with E-state index in [1.807, 2.05) is 0 Å². The zero-order chi connectivity index (χ0) is 26.6. The van der Waals surface area contributed by atoms with Crippen LogP contribution in [0, 0.1) is 12.8 Å². The number of anilines is 2. The molecule has 3 aromatic rings. The molecule has 2 aromatic carbocycles. The van der Waals surface area contributed by atoms with Crippen molar-refractivity contribution in [3.05, 3.63) is 77.5 Å². The Morgan fingerprint density at radius 1 is 1.08 bits per heavy atom. The lowest BCUT2D eigenvalue weighted by atomic mass is 9.97. The van der Waals surface area contributed by atoms with E-state index < -0.39 is 11.7 Å². The van der Waals surface area contributed by atoms with Gasteiger partial charge in [-0.15, -0.1) is 0 Å². The largest absolute Gasteiger partial charge is 0.466 e. The number of alkyl halides is 3. The van der Waals surface area contributed by atoms with Gasteiger partial charge in [-0.2, -0.15) is 13.2 Å². The van der Waals surface area contributed by atoms with Crippen LogP contribution in [-0.2, 0) is 15.7 Å². The first kappa shape index (κ1) is 26.2. The third-order valence-electron chi connectivity index (χ3n) is 6.43. The maximum Gasteiger partial charge on any atom is 0.416 e. The van der Waals surface area contributed by atoms with Crippen molar-refractivity contribution in [2.45, 2.75) is 32.9 Å². The van der Waals surface area contributed by atoms with E-state index in [1.54, 1.807) is 50.2 Å². The Kier molecular flexibility index (Phi) is 7.80. The van der Waals surface area contributed by atoms with Crippen molar-refractivity contribution in [2.75, 3.05) is 29.9 Å². The zero-order valence-electron chi connectivity index (χ0n) is 20.6. The molecule has 1 fully saturated rings. The lowest BCUT2D eigenvalue weighted by Crippen LogP contribution is -2.37. The number of hydrogen-bond donors (Lipinski definition) is 1. The van der Waals surface area contributed by atoms with E-state index >= 15 is 0 Å². The minimum absolute atomic E-state index is 0.0929. The molecule has 0 unspecified atom stereocenters. The van der Waals surface area contributed by atoms with Crippen molar-refractivity contribution >= 4 is 23.4 Å². The molecule has 1 N–H and O–H groups in total. The molecular formula is C28H28F3N3O3. The number of amides is 1. The smallest absolute Gasteiger partial charge is 0.416 e. The molecule has 0 saturated carbocycles. The highest BCUT2D eigenvalue weighted by molar-refractivity contribution is 6.04. The quantitative estimate of drug-likeness (QED) is 0.405. The van der Waals surface area contributed by atoms with Crippen LogP contribution in [0.2, 0.25) is 0 Å². The van der Waals surface area contributed by atoms with Gasteiger partial charge in [0.15, 0.2) is 0 Å². The van der Waals surface area contributed by atoms with Crippen LogP contribution in [0.15, 0.2) is 60.8 Å². The maximum atomic E-state index is 13.1. The van der Waals surface area contributed by atoms with E-state index in [4.69, 9.17) is 4.74 Å². The number of aromatic nitrogens is 1. The first-order chi connectivity index (χ1) is 17.7. The summed E-state index contributed by atoms with van der Waals surface area (Å²) in [6, 6.07) is 13.7. The molecule has 4 rings (SSSR count). The molecule has 0 aliphatic carbocycles. The predicted octanol–water partition coefficient (Wildman–Crippen LogP) is 6.11. The molecule has 0 atom stereocenters. The average Bonchev–Trinajstić information content (AvgIpc) is 2.89. The summed E-state index contributed by atoms with van der Waals surface area (Å²) < 4.78 is 44.4. The Balaban J connectivity index is 1.39. The van der Waals surface area contributed by atoms with Gasteiger partial charge in [-0.25, -0.2) is 4.98 Å². The minimum atomic E-state index is -4.42. The highest BCUT2D eigenvalue weighted by Gasteiger charge is 2.30. The van der Waals surface area contributed by atoms with Crippen LogP contribution in [0.5, 0.6) is 0 Å². The van der Waals surface area contributed by atoms with Crippen molar-refractivity contribution in [1.82, 2.24) is 4.98 Å². The molecule has 6 nitrogen and oxygen atoms in total. The fourth-order valence-electron chi connectivity index (χ4n) is 4.44. The van der Waals surface area contributed by atoms with E-state index in [1.165, 1.54) is 12.3 Å². The van der Waals surface area contributed by atoms with Gasteiger partial charge in [-0.05, 0) is 79.8 Å². The molecule has 1 aliphatic rings. The summed E-state index contributed by atoms with van der Waals surface area (Å²) in [7, 11) is 0. The van der Waals surface area contributed by atoms with Crippen molar-refractivity contribution < 1.29 is 27.5 Å². The number of carbonyl (C=O) groups is 2. The summed E-state index contributed by atoms with van der Waals surface area (Å²) in [5.41, 5.74) is 2.05. The van der Waals surface area contributed by atoms with Crippen LogP contribution >= 0.6 is 0 Å². The van der Waals surface area contributed by atoms with Gasteiger partial charge in [-0.1, -0.05) is 18.2 Å². The van der Waals surface area contributed by atoms with Gasteiger partial charge in [0.2, 0.25) is 0 Å². The van der Waals surface area contributed by atoms with E-state index in [-0.39, 0.29) is 17.8 Å². The molecule has 0 radical (unpaired) electrons. The number of nitrogens with one attached hydrogen (secondary N) is 1. The average molecular weight is 512 g/mol. The molecule has 1 amide bonds. The number of nitrogens with zero attached hydrogens (tertiary/aromatic N) is 2. The van der Waals surface area contributed by atoms with E-state index in [0.717, 1.165) is 23.5 Å². The maximum absolute atomic E-state index is 13.1. The summed E-state index contributed by atoms with van der Waals surface area (Å²) in [6.45, 7) is 5.32. The van der Waals surface area contributed by atoms with Crippen LogP contribution < -0.4 is 10.2 Å². The molecule has 9 heteroatoms. The molecule has 1 saturated heterocycles. The highest BCUT2D eigenvalue weighted by atomic mass is 19.4. The fourth-order valence-corrected chi connectivity index (χ4v) is 4.44. The molecule has 194 valence electrons. The van der Waals surface area contributed by atoms with Gasteiger partial charge in [0.1, 0.15) is 5.82 Å². The van der Waals surface area contributed by atoms with Crippen LogP contribution in [0.25, 0.3) is 11.1 Å². The second-order valence-corrected chi connectivity index (χ2v) is 8.98. The minimum Gasteiger partial charge on any atom is -0.466 e. The molecule has 1 aliphatic heterocycles. The molecule has 0 bridgehead atoms. The predicted molar refractivity (Wildman–Crippen MR) is 135 cm³/mol. The van der Waals surface area contributed by atoms with Crippen LogP contribution in [0.3, 0.4) is 0 Å². The van der Waals surface area contributed by atoms with E-state index in [0.29, 0.717) is 54.9 Å². The van der Waals surface area contributed by atoms with Gasteiger partial charge in [0.05, 0.1) is 23.7 Å². The first-order valence-electron chi connectivity index (χ1n) is 12.1. The number of piperidine rings is 1. The summed E-state index contributed by atoms with van der Waals surface area (Å²) >= 11 is 0. The molecular weight excluding hydrogens is 483 g/mol. The zero-order valence-corrected chi connectivity index (χ0v) is 20.6. The van der Waals surface area contributed by atoms with Crippen LogP contribution in [-0.4, -0.2) is 36.6 Å². The van der Waals surface area contributed by atoms with Gasteiger partial charge >= 0.3 is 12.1 Å². The number of halogens is 3. The van der Waals surface area contributed by atoms with E-state index in [2.05, 4.69) is 15.2 Å². The normalized spacial score (nSPS) is 14.4. The topological polar surface area (TPSA) is 71.5 Å². The number of benzene rings is 2. The standard InChI is InChI=1S/C28H28F3N3O3/c1-3-37-27(36)19-11-13-34(14-12-19)25-10-7-21(17-32-25)26(35)33-23-8-9-24(18(2)15-23)20-5-4-6-22(16-20)28(29,30)31/h4-10,15-17,19H,3,11-14H2,1-2H3,(H,33,35). The van der Waals surface area contributed by atoms with Gasteiger partial charge in [-0.3, -0.25) is 9.59 Å². The Morgan fingerprint density at radius 3 is 2.46 bits per heavy atom. The van der Waals surface area contributed by atoms with Crippen molar-refractivity contribution in [3.8, 4) is 11.1 Å². The van der Waals surface area contributed by atoms with Crippen LogP contribution in [0.4, 0.5) is 24.7 Å². The summed E-state index contributed by atoms with van der Waals surface area (Å²) in [4.78, 5) is 31.2. The summed E-state index contributed by atoms with van der Waals surface area (Å²) in [5, 5.41) is 2.82. The molecule has 1 aromatic heterocycles. The van der Waals surface area contributed by atoms with Gasteiger partial charge in [0, 0.05) is 25.0 Å². The second-order valence-electron chi connectivity index (χ2n) is 8.98. The highest BCUT2D eigenvalue weighted by Crippen LogP contribution is 2.33. The number of carbonyl (C=O) groups excluding carboxylic acids is 2. The van der Waals surface area contributed by atoms with Gasteiger partial charge < -0.3 is 15.0 Å². The Hall–Kier alpha value is -3.88. The van der Waals surface area contributed by atoms with Crippen LogP contribution in [0.1, 0.15) is 41.3 Å². The number of pyridine rings is 1. The third-order valence-corrected chi connectivity index (χ3v) is 6.43. The number of ether oxygens (including phenoxy) is 1. The summed E-state index contributed by atoms with van der Waals surface area (Å²) in [6.07, 6.45) is -1.52. The Morgan fingerprint density at radius 2 is 1.84 bits per heavy atom. The van der Waals surface area contributed by atoms with Gasteiger partial charge in [0.25, 0.3) is 5.91 Å². The molecule has 2 heterocycles. The lowest BCUT2D eigenvalue weighted by Gasteiger charge is -2.31. The second kappa shape index (κ2) is 11.0. The molecule has 0 spiro atoms. The van der Waals surface area contributed by atoms with E-state index in [9.17, 15) is 22.8 Å². The van der Waals surface area contributed by atoms with Crippen molar-refractivity contribution in [2.24, 2.45) is 5.92 Å². The number of aryl methyl sites for hydroxylation is 1. The first-order valence-corrected chi connectivity index (χ1v) is 12.1. The monoisotopic (exact) mass is 511 g/mol. The number of esters is 1. The number of hydrogen-bond acceptors (Lipinski definition) is 5. The Labute approximate surface area is 213 Å². The summed E-state index contributed by atoms with van der Waals surface area (Å²) in [5.74, 6) is 0.149. The fraction of sp³-hybridized carbons (Fsp3) is 0.321. The lowest BCUT2D eigenvalue weighted by molar-refractivity contribution is -0.148. The molecule has 37 heavy (non-hydrogen) atoms. The SMILES string of the molecule is CCOC(=O)C1CCN(c2ccc(C(=O)Nc3ccc(-c4cccc(C(F)(F)F)c4)c(C)c3)cn2)CC1. The van der Waals surface area contributed by atoms with Crippen molar-refractivity contribution in [3.63, 3.8) is 0 Å².